The minimum Gasteiger partial charge on any atom is -0.444 e. The average molecular weight is 411 g/mol. The van der Waals surface area contributed by atoms with E-state index in [0.717, 1.165) is 12.1 Å². The molecule has 1 rings (SSSR count). The normalized spacial score (nSPS) is 11.4. The third kappa shape index (κ3) is 10.9. The Morgan fingerprint density at radius 2 is 1.48 bits per heavy atom. The van der Waals surface area contributed by atoms with E-state index in [1.165, 1.54) is 6.07 Å². The molecule has 0 radical (unpaired) electrons. The number of anilines is 2. The predicted molar refractivity (Wildman–Crippen MR) is 108 cm³/mol. The first-order chi connectivity index (χ1) is 13.2. The minimum atomic E-state index is -0.721. The highest BCUT2D eigenvalue weighted by molar-refractivity contribution is 5.97. The molecule has 1 aromatic carbocycles. The highest BCUT2D eigenvalue weighted by atomic mass is 19.1. The van der Waals surface area contributed by atoms with Gasteiger partial charge in [0, 0.05) is 13.0 Å². The average Bonchev–Trinajstić information content (AvgIpc) is 2.51. The lowest BCUT2D eigenvalue weighted by Crippen LogP contribution is -2.33. The zero-order valence-corrected chi connectivity index (χ0v) is 17.8. The molecule has 3 amide bonds. The Hall–Kier alpha value is -2.84. The van der Waals surface area contributed by atoms with Gasteiger partial charge in [0.25, 0.3) is 0 Å². The largest absolute Gasteiger partial charge is 0.444 e. The van der Waals surface area contributed by atoms with Gasteiger partial charge in [-0.2, -0.15) is 0 Å². The predicted octanol–water partition coefficient (Wildman–Crippen LogP) is 4.42. The van der Waals surface area contributed by atoms with E-state index in [9.17, 15) is 18.8 Å². The first-order valence-corrected chi connectivity index (χ1v) is 9.31. The van der Waals surface area contributed by atoms with Crippen LogP contribution in [0.2, 0.25) is 0 Å². The van der Waals surface area contributed by atoms with E-state index in [2.05, 4.69) is 16.0 Å². The highest BCUT2D eigenvalue weighted by Crippen LogP contribution is 2.24. The van der Waals surface area contributed by atoms with E-state index in [4.69, 9.17) is 9.47 Å². The second-order valence-corrected chi connectivity index (χ2v) is 8.40. The second kappa shape index (κ2) is 10.1. The molecule has 162 valence electrons. The number of rotatable bonds is 6. The molecule has 0 aliphatic carbocycles. The molecule has 1 aromatic rings. The van der Waals surface area contributed by atoms with Gasteiger partial charge in [-0.1, -0.05) is 0 Å². The Balaban J connectivity index is 2.57. The monoisotopic (exact) mass is 411 g/mol. The van der Waals surface area contributed by atoms with Crippen molar-refractivity contribution >= 4 is 29.5 Å². The Morgan fingerprint density at radius 1 is 0.897 bits per heavy atom. The van der Waals surface area contributed by atoms with Crippen molar-refractivity contribution in [2.24, 2.45) is 0 Å². The number of ether oxygens (including phenoxy) is 2. The van der Waals surface area contributed by atoms with Crippen molar-refractivity contribution in [3.8, 4) is 0 Å². The van der Waals surface area contributed by atoms with Crippen LogP contribution in [0.3, 0.4) is 0 Å². The summed E-state index contributed by atoms with van der Waals surface area (Å²) < 4.78 is 23.8. The molecule has 0 saturated carbocycles. The molecule has 0 bridgehead atoms. The SMILES string of the molecule is CC(C)(C)OC(=O)NCCCC(=O)Nc1cc(F)ccc1NC(=O)OC(C)(C)C. The quantitative estimate of drug-likeness (QED) is 0.601. The standard InChI is InChI=1S/C20H30FN3O5/c1-19(2,3)28-17(26)22-11-7-8-16(25)23-15-12-13(21)9-10-14(15)24-18(27)29-20(4,5)6/h9-10,12H,7-8,11H2,1-6H3,(H,22,26)(H,23,25)(H,24,27). The first-order valence-electron chi connectivity index (χ1n) is 9.31. The van der Waals surface area contributed by atoms with Crippen LogP contribution >= 0.6 is 0 Å². The number of carbonyl (C=O) groups is 3. The molecule has 9 heteroatoms. The van der Waals surface area contributed by atoms with E-state index in [0.29, 0.717) is 6.42 Å². The number of carbonyl (C=O) groups excluding carboxylic acids is 3. The Kier molecular flexibility index (Phi) is 8.42. The van der Waals surface area contributed by atoms with E-state index in [-0.39, 0.29) is 24.3 Å². The lowest BCUT2D eigenvalue weighted by molar-refractivity contribution is -0.116. The third-order valence-electron chi connectivity index (χ3n) is 3.14. The van der Waals surface area contributed by atoms with Crippen LogP contribution in [0.25, 0.3) is 0 Å². The van der Waals surface area contributed by atoms with Crippen LogP contribution in [0.4, 0.5) is 25.4 Å². The van der Waals surface area contributed by atoms with Gasteiger partial charge in [0.05, 0.1) is 11.4 Å². The van der Waals surface area contributed by atoms with E-state index < -0.39 is 35.1 Å². The molecule has 0 aromatic heterocycles. The number of amides is 3. The molecular weight excluding hydrogens is 381 g/mol. The zero-order chi connectivity index (χ0) is 22.2. The van der Waals surface area contributed by atoms with Gasteiger partial charge >= 0.3 is 12.2 Å². The third-order valence-corrected chi connectivity index (χ3v) is 3.14. The van der Waals surface area contributed by atoms with Crippen molar-refractivity contribution in [3.05, 3.63) is 24.0 Å². The molecule has 0 unspecified atom stereocenters. The van der Waals surface area contributed by atoms with Crippen LogP contribution in [-0.4, -0.2) is 35.8 Å². The summed E-state index contributed by atoms with van der Waals surface area (Å²) in [5, 5.41) is 7.59. The number of nitrogens with one attached hydrogen (secondary N) is 3. The van der Waals surface area contributed by atoms with E-state index in [1.54, 1.807) is 41.5 Å². The van der Waals surface area contributed by atoms with Crippen LogP contribution in [0.15, 0.2) is 18.2 Å². The van der Waals surface area contributed by atoms with Gasteiger partial charge in [0.1, 0.15) is 17.0 Å². The summed E-state index contributed by atoms with van der Waals surface area (Å²) in [5.41, 5.74) is -0.979. The molecule has 0 aliphatic heterocycles. The molecular formula is C20H30FN3O5. The fourth-order valence-electron chi connectivity index (χ4n) is 2.11. The van der Waals surface area contributed by atoms with Crippen molar-refractivity contribution < 1.29 is 28.2 Å². The maximum Gasteiger partial charge on any atom is 0.412 e. The number of benzene rings is 1. The van der Waals surface area contributed by atoms with E-state index >= 15 is 0 Å². The maximum absolute atomic E-state index is 13.6. The second-order valence-electron chi connectivity index (χ2n) is 8.40. The van der Waals surface area contributed by atoms with Crippen LogP contribution in [0.5, 0.6) is 0 Å². The van der Waals surface area contributed by atoms with Gasteiger partial charge in [-0.25, -0.2) is 14.0 Å². The van der Waals surface area contributed by atoms with Crippen molar-refractivity contribution in [1.29, 1.82) is 0 Å². The van der Waals surface area contributed by atoms with Crippen molar-refractivity contribution in [3.63, 3.8) is 0 Å². The lowest BCUT2D eigenvalue weighted by Gasteiger charge is -2.20. The summed E-state index contributed by atoms with van der Waals surface area (Å²) >= 11 is 0. The molecule has 8 nitrogen and oxygen atoms in total. The Morgan fingerprint density at radius 3 is 2.07 bits per heavy atom. The molecule has 0 saturated heterocycles. The van der Waals surface area contributed by atoms with Gasteiger partial charge in [-0.15, -0.1) is 0 Å². The van der Waals surface area contributed by atoms with Crippen molar-refractivity contribution in [1.82, 2.24) is 5.32 Å². The number of hydrogen-bond acceptors (Lipinski definition) is 5. The Bertz CT molecular complexity index is 739. The van der Waals surface area contributed by atoms with E-state index in [1.807, 2.05) is 0 Å². The molecule has 0 heterocycles. The molecule has 0 atom stereocenters. The summed E-state index contributed by atoms with van der Waals surface area (Å²) in [6.07, 6.45) is -0.846. The zero-order valence-electron chi connectivity index (χ0n) is 17.8. The molecule has 0 fully saturated rings. The van der Waals surface area contributed by atoms with Gasteiger partial charge in [-0.3, -0.25) is 10.1 Å². The van der Waals surface area contributed by atoms with Gasteiger partial charge in [0.15, 0.2) is 0 Å². The van der Waals surface area contributed by atoms with Gasteiger partial charge in [0.2, 0.25) is 5.91 Å². The Labute approximate surface area is 170 Å². The molecule has 29 heavy (non-hydrogen) atoms. The van der Waals surface area contributed by atoms with Crippen molar-refractivity contribution in [2.75, 3.05) is 17.2 Å². The van der Waals surface area contributed by atoms with Crippen LogP contribution in [0, 0.1) is 5.82 Å². The summed E-state index contributed by atoms with van der Waals surface area (Å²) in [4.78, 5) is 35.6. The molecule has 0 spiro atoms. The lowest BCUT2D eigenvalue weighted by atomic mass is 10.2. The minimum absolute atomic E-state index is 0.0815. The topological polar surface area (TPSA) is 106 Å². The van der Waals surface area contributed by atoms with Gasteiger partial charge < -0.3 is 20.1 Å². The molecule has 0 aliphatic rings. The number of halogens is 1. The fourth-order valence-corrected chi connectivity index (χ4v) is 2.11. The van der Waals surface area contributed by atoms with Crippen LogP contribution in [0.1, 0.15) is 54.4 Å². The highest BCUT2D eigenvalue weighted by Gasteiger charge is 2.18. The van der Waals surface area contributed by atoms with Gasteiger partial charge in [-0.05, 0) is 66.2 Å². The number of hydrogen-bond donors (Lipinski definition) is 3. The summed E-state index contributed by atoms with van der Waals surface area (Å²) in [6, 6.07) is 3.59. The van der Waals surface area contributed by atoms with Crippen LogP contribution in [-0.2, 0) is 14.3 Å². The summed E-state index contributed by atoms with van der Waals surface area (Å²) in [6.45, 7) is 10.6. The maximum atomic E-state index is 13.6. The number of alkyl carbamates (subject to hydrolysis) is 1. The summed E-state index contributed by atoms with van der Waals surface area (Å²) in [7, 11) is 0. The van der Waals surface area contributed by atoms with Crippen molar-refractivity contribution in [2.45, 2.75) is 65.6 Å². The molecule has 3 N–H and O–H groups in total. The first kappa shape index (κ1) is 24.2. The summed E-state index contributed by atoms with van der Waals surface area (Å²) in [5.74, 6) is -0.963. The van der Waals surface area contributed by atoms with Crippen LogP contribution < -0.4 is 16.0 Å². The fraction of sp³-hybridized carbons (Fsp3) is 0.550. The smallest absolute Gasteiger partial charge is 0.412 e.